The van der Waals surface area contributed by atoms with Gasteiger partial charge in [-0.15, -0.1) is 0 Å². The number of fused-ring (bicyclic) bond motifs is 1. The van der Waals surface area contributed by atoms with Crippen molar-refractivity contribution in [2.45, 2.75) is 6.92 Å². The molecular weight excluding hydrogens is 254 g/mol. The van der Waals surface area contributed by atoms with Gasteiger partial charge < -0.3 is 19.9 Å². The summed E-state index contributed by atoms with van der Waals surface area (Å²) in [6, 6.07) is 3.38. The zero-order chi connectivity index (χ0) is 14.2. The monoisotopic (exact) mass is 263 g/mol. The first-order valence-electron chi connectivity index (χ1n) is 5.21. The van der Waals surface area contributed by atoms with Crippen molar-refractivity contribution in [2.75, 3.05) is 0 Å². The molecule has 7 heteroatoms. The molecular formula is C12H9NO6. The number of carboxylic acids is 1. The summed E-state index contributed by atoms with van der Waals surface area (Å²) in [6.45, 7) is 1.12. The number of nitrogens with one attached hydrogen (secondary N) is 1. The number of phenols is 1. The van der Waals surface area contributed by atoms with Gasteiger partial charge >= 0.3 is 11.9 Å². The van der Waals surface area contributed by atoms with Crippen LogP contribution in [0.5, 0.6) is 11.5 Å². The van der Waals surface area contributed by atoms with E-state index in [0.29, 0.717) is 0 Å². The Morgan fingerprint density at radius 3 is 2.58 bits per heavy atom. The zero-order valence-corrected chi connectivity index (χ0v) is 9.76. The predicted molar refractivity (Wildman–Crippen MR) is 64.5 cm³/mol. The van der Waals surface area contributed by atoms with Gasteiger partial charge in [0.05, 0.1) is 10.9 Å². The highest BCUT2D eigenvalue weighted by Crippen LogP contribution is 2.32. The number of hydrogen-bond donors (Lipinski definition) is 3. The molecule has 0 aliphatic rings. The van der Waals surface area contributed by atoms with Crippen LogP contribution in [0.4, 0.5) is 0 Å². The van der Waals surface area contributed by atoms with Crippen molar-refractivity contribution in [1.29, 1.82) is 0 Å². The summed E-state index contributed by atoms with van der Waals surface area (Å²) < 4.78 is 4.78. The number of aromatic nitrogens is 1. The van der Waals surface area contributed by atoms with Crippen molar-refractivity contribution >= 4 is 22.8 Å². The first-order valence-corrected chi connectivity index (χ1v) is 5.21. The number of H-pyrrole nitrogens is 1. The van der Waals surface area contributed by atoms with Crippen LogP contribution in [0.3, 0.4) is 0 Å². The number of aromatic hydroxyl groups is 1. The van der Waals surface area contributed by atoms with E-state index in [0.717, 1.165) is 13.0 Å². The number of aromatic amines is 1. The number of carbonyl (C=O) groups excluding carboxylic acids is 1. The van der Waals surface area contributed by atoms with Crippen LogP contribution in [-0.4, -0.2) is 27.1 Å². The molecule has 0 aliphatic heterocycles. The molecule has 1 heterocycles. The third-order valence-electron chi connectivity index (χ3n) is 2.40. The van der Waals surface area contributed by atoms with Gasteiger partial charge in [0.25, 0.3) is 0 Å². The Labute approximate surface area is 106 Å². The highest BCUT2D eigenvalue weighted by molar-refractivity contribution is 5.94. The van der Waals surface area contributed by atoms with E-state index in [-0.39, 0.29) is 28.1 Å². The lowest BCUT2D eigenvalue weighted by molar-refractivity contribution is -0.131. The number of rotatable bonds is 2. The topological polar surface area (TPSA) is 117 Å². The van der Waals surface area contributed by atoms with Crippen LogP contribution in [0.1, 0.15) is 17.4 Å². The standard InChI is InChI=1S/C12H9NO6/c1-5(14)19-11-8(15)3-2-6-10(11)9(16)4-7(13-6)12(17)18/h2-4,15H,1H3,(H,13,16)(H,17,18). The fourth-order valence-corrected chi connectivity index (χ4v) is 1.67. The van der Waals surface area contributed by atoms with Gasteiger partial charge in [-0.1, -0.05) is 0 Å². The summed E-state index contributed by atoms with van der Waals surface area (Å²) in [4.78, 5) is 36.2. The number of aromatic carboxylic acids is 1. The number of benzene rings is 1. The van der Waals surface area contributed by atoms with E-state index in [1.807, 2.05) is 0 Å². The van der Waals surface area contributed by atoms with E-state index in [9.17, 15) is 19.5 Å². The van der Waals surface area contributed by atoms with E-state index in [2.05, 4.69) is 4.98 Å². The molecule has 2 rings (SSSR count). The average Bonchev–Trinajstić information content (AvgIpc) is 2.31. The first-order chi connectivity index (χ1) is 8.90. The average molecular weight is 263 g/mol. The highest BCUT2D eigenvalue weighted by atomic mass is 16.5. The minimum Gasteiger partial charge on any atom is -0.504 e. The number of ether oxygens (including phenoxy) is 1. The van der Waals surface area contributed by atoms with E-state index in [4.69, 9.17) is 9.84 Å². The fraction of sp³-hybridized carbons (Fsp3) is 0.0833. The molecule has 2 aromatic rings. The maximum atomic E-state index is 11.9. The van der Waals surface area contributed by atoms with E-state index >= 15 is 0 Å². The van der Waals surface area contributed by atoms with Crippen molar-refractivity contribution in [1.82, 2.24) is 4.98 Å². The molecule has 0 bridgehead atoms. The minimum atomic E-state index is -1.29. The normalized spacial score (nSPS) is 10.4. The second kappa shape index (κ2) is 4.45. The summed E-state index contributed by atoms with van der Waals surface area (Å²) in [5.74, 6) is -2.66. The lowest BCUT2D eigenvalue weighted by Gasteiger charge is -2.08. The number of hydrogen-bond acceptors (Lipinski definition) is 5. The first kappa shape index (κ1) is 12.6. The molecule has 0 fully saturated rings. The van der Waals surface area contributed by atoms with Crippen molar-refractivity contribution in [3.63, 3.8) is 0 Å². The fourth-order valence-electron chi connectivity index (χ4n) is 1.67. The van der Waals surface area contributed by atoms with Crippen LogP contribution in [-0.2, 0) is 4.79 Å². The molecule has 0 atom stereocenters. The smallest absolute Gasteiger partial charge is 0.352 e. The SMILES string of the molecule is CC(=O)Oc1c(O)ccc2[nH]c(C(=O)O)cc(=O)c12. The van der Waals surface area contributed by atoms with Crippen molar-refractivity contribution < 1.29 is 24.5 Å². The summed E-state index contributed by atoms with van der Waals surface area (Å²) in [6.07, 6.45) is 0. The molecule has 3 N–H and O–H groups in total. The molecule has 0 amide bonds. The summed E-state index contributed by atoms with van der Waals surface area (Å²) in [7, 11) is 0. The molecule has 0 unspecified atom stereocenters. The number of phenolic OH excluding ortho intramolecular Hbond substituents is 1. The van der Waals surface area contributed by atoms with Crippen LogP contribution >= 0.6 is 0 Å². The number of esters is 1. The van der Waals surface area contributed by atoms with E-state index in [1.54, 1.807) is 0 Å². The van der Waals surface area contributed by atoms with Crippen LogP contribution in [0.15, 0.2) is 23.0 Å². The molecule has 1 aromatic heterocycles. The largest absolute Gasteiger partial charge is 0.504 e. The van der Waals surface area contributed by atoms with Gasteiger partial charge in [-0.3, -0.25) is 9.59 Å². The van der Waals surface area contributed by atoms with Crippen molar-refractivity contribution in [3.8, 4) is 11.5 Å². The van der Waals surface area contributed by atoms with Crippen LogP contribution in [0.2, 0.25) is 0 Å². The maximum absolute atomic E-state index is 11.9. The number of carboxylic acid groups (broad SMARTS) is 1. The summed E-state index contributed by atoms with van der Waals surface area (Å²) in [5.41, 5.74) is -0.811. The highest BCUT2D eigenvalue weighted by Gasteiger charge is 2.16. The molecule has 0 saturated carbocycles. The van der Waals surface area contributed by atoms with Crippen LogP contribution < -0.4 is 10.2 Å². The third kappa shape index (κ3) is 2.25. The quantitative estimate of drug-likeness (QED) is 0.546. The van der Waals surface area contributed by atoms with Gasteiger partial charge in [-0.25, -0.2) is 4.79 Å². The number of carbonyl (C=O) groups is 2. The molecule has 0 aliphatic carbocycles. The van der Waals surface area contributed by atoms with Gasteiger partial charge in [-0.2, -0.15) is 0 Å². The van der Waals surface area contributed by atoms with Gasteiger partial charge in [-0.05, 0) is 12.1 Å². The summed E-state index contributed by atoms with van der Waals surface area (Å²) >= 11 is 0. The van der Waals surface area contributed by atoms with Gasteiger partial charge in [0, 0.05) is 13.0 Å². The van der Waals surface area contributed by atoms with E-state index in [1.165, 1.54) is 12.1 Å². The Balaban J connectivity index is 2.82. The predicted octanol–water partition coefficient (Wildman–Crippen LogP) is 0.857. The van der Waals surface area contributed by atoms with Crippen molar-refractivity contribution in [3.05, 3.63) is 34.1 Å². The Bertz CT molecular complexity index is 746. The Kier molecular flexibility index (Phi) is 2.95. The molecule has 1 aromatic carbocycles. The molecule has 0 radical (unpaired) electrons. The van der Waals surface area contributed by atoms with Crippen LogP contribution in [0, 0.1) is 0 Å². The third-order valence-corrected chi connectivity index (χ3v) is 2.40. The van der Waals surface area contributed by atoms with Gasteiger partial charge in [0.2, 0.25) is 0 Å². The zero-order valence-electron chi connectivity index (χ0n) is 9.76. The second-order valence-electron chi connectivity index (χ2n) is 3.78. The second-order valence-corrected chi connectivity index (χ2v) is 3.78. The van der Waals surface area contributed by atoms with Gasteiger partial charge in [0.1, 0.15) is 5.69 Å². The molecule has 98 valence electrons. The Morgan fingerprint density at radius 1 is 1.32 bits per heavy atom. The van der Waals surface area contributed by atoms with Crippen molar-refractivity contribution in [2.24, 2.45) is 0 Å². The Hall–Kier alpha value is -2.83. The molecule has 0 spiro atoms. The van der Waals surface area contributed by atoms with E-state index < -0.39 is 17.4 Å². The van der Waals surface area contributed by atoms with Crippen LogP contribution in [0.25, 0.3) is 10.9 Å². The molecule has 0 saturated heterocycles. The number of pyridine rings is 1. The Morgan fingerprint density at radius 2 is 2.00 bits per heavy atom. The lowest BCUT2D eigenvalue weighted by Crippen LogP contribution is -2.12. The summed E-state index contributed by atoms with van der Waals surface area (Å²) in [5, 5.41) is 18.4. The molecule has 7 nitrogen and oxygen atoms in total. The van der Waals surface area contributed by atoms with Gasteiger partial charge in [0.15, 0.2) is 16.9 Å². The molecule has 19 heavy (non-hydrogen) atoms. The maximum Gasteiger partial charge on any atom is 0.352 e. The lowest BCUT2D eigenvalue weighted by atomic mass is 10.1. The minimum absolute atomic E-state index is 0.0831.